The molecular formula is C21H34IN5O3. The number of hydrogen-bond acceptors (Lipinski definition) is 4. The van der Waals surface area contributed by atoms with Gasteiger partial charge in [-0.1, -0.05) is 19.1 Å². The quantitative estimate of drug-likeness (QED) is 0.298. The van der Waals surface area contributed by atoms with Gasteiger partial charge in [0.05, 0.1) is 6.04 Å². The van der Waals surface area contributed by atoms with E-state index in [1.807, 2.05) is 52.0 Å². The number of anilines is 1. The number of likely N-dealkylation sites (tertiary alicyclic amines) is 1. The van der Waals surface area contributed by atoms with Gasteiger partial charge in [-0.25, -0.2) is 4.79 Å². The fraction of sp³-hybridized carbons (Fsp3) is 0.571. The summed E-state index contributed by atoms with van der Waals surface area (Å²) in [6, 6.07) is 7.87. The van der Waals surface area contributed by atoms with E-state index in [4.69, 9.17) is 4.74 Å². The molecule has 0 spiro atoms. The maximum Gasteiger partial charge on any atom is 0.410 e. The molecule has 1 heterocycles. The Hall–Kier alpha value is -2.04. The fourth-order valence-electron chi connectivity index (χ4n) is 2.78. The molecule has 2 amide bonds. The van der Waals surface area contributed by atoms with Gasteiger partial charge >= 0.3 is 6.09 Å². The van der Waals surface area contributed by atoms with Crippen LogP contribution in [-0.2, 0) is 16.1 Å². The van der Waals surface area contributed by atoms with Crippen molar-refractivity contribution in [2.45, 2.75) is 58.7 Å². The van der Waals surface area contributed by atoms with Gasteiger partial charge in [-0.3, -0.25) is 9.79 Å². The molecule has 1 saturated heterocycles. The summed E-state index contributed by atoms with van der Waals surface area (Å²) in [5.41, 5.74) is 1.39. The molecule has 30 heavy (non-hydrogen) atoms. The molecule has 0 atom stereocenters. The van der Waals surface area contributed by atoms with Crippen LogP contribution in [-0.4, -0.2) is 54.6 Å². The van der Waals surface area contributed by atoms with E-state index in [2.05, 4.69) is 20.9 Å². The van der Waals surface area contributed by atoms with Gasteiger partial charge in [0.2, 0.25) is 5.91 Å². The van der Waals surface area contributed by atoms with Crippen LogP contribution in [0.5, 0.6) is 0 Å². The first-order valence-corrected chi connectivity index (χ1v) is 10.0. The second-order valence-corrected chi connectivity index (χ2v) is 8.15. The van der Waals surface area contributed by atoms with Crippen LogP contribution in [0, 0.1) is 0 Å². The molecule has 0 unspecified atom stereocenters. The highest BCUT2D eigenvalue weighted by molar-refractivity contribution is 14.0. The van der Waals surface area contributed by atoms with Gasteiger partial charge in [-0.05, 0) is 44.9 Å². The monoisotopic (exact) mass is 531 g/mol. The van der Waals surface area contributed by atoms with Crippen molar-refractivity contribution in [1.29, 1.82) is 0 Å². The normalized spacial score (nSPS) is 14.3. The predicted molar refractivity (Wildman–Crippen MR) is 130 cm³/mol. The number of aliphatic imine (C=N–C) groups is 1. The Morgan fingerprint density at radius 1 is 1.20 bits per heavy atom. The van der Waals surface area contributed by atoms with Crippen molar-refractivity contribution in [2.24, 2.45) is 4.99 Å². The molecule has 0 radical (unpaired) electrons. The second-order valence-electron chi connectivity index (χ2n) is 8.15. The van der Waals surface area contributed by atoms with Crippen molar-refractivity contribution in [3.63, 3.8) is 0 Å². The number of benzene rings is 1. The van der Waals surface area contributed by atoms with Crippen molar-refractivity contribution in [2.75, 3.05) is 25.5 Å². The first-order chi connectivity index (χ1) is 13.7. The lowest BCUT2D eigenvalue weighted by atomic mass is 10.1. The van der Waals surface area contributed by atoms with E-state index in [1.165, 1.54) is 0 Å². The highest BCUT2D eigenvalue weighted by atomic mass is 127. The van der Waals surface area contributed by atoms with Crippen LogP contribution >= 0.6 is 24.0 Å². The summed E-state index contributed by atoms with van der Waals surface area (Å²) in [7, 11) is 1.71. The second kappa shape index (κ2) is 12.0. The highest BCUT2D eigenvalue weighted by Gasteiger charge is 2.34. The van der Waals surface area contributed by atoms with E-state index in [9.17, 15) is 9.59 Å². The van der Waals surface area contributed by atoms with E-state index in [0.717, 1.165) is 17.7 Å². The van der Waals surface area contributed by atoms with E-state index in [0.29, 0.717) is 32.0 Å². The summed E-state index contributed by atoms with van der Waals surface area (Å²) in [4.78, 5) is 29.5. The number of carbonyl (C=O) groups excluding carboxylic acids is 2. The number of carbonyl (C=O) groups is 2. The Bertz CT molecular complexity index is 725. The topological polar surface area (TPSA) is 95.1 Å². The number of hydrogen-bond donors (Lipinski definition) is 3. The maximum absolute atomic E-state index is 12.0. The van der Waals surface area contributed by atoms with Gasteiger partial charge in [0.15, 0.2) is 5.96 Å². The minimum absolute atomic E-state index is 0. The van der Waals surface area contributed by atoms with Crippen LogP contribution in [0.1, 0.15) is 46.1 Å². The van der Waals surface area contributed by atoms with Crippen molar-refractivity contribution >= 4 is 47.6 Å². The van der Waals surface area contributed by atoms with E-state index in [-0.39, 0.29) is 42.0 Å². The molecule has 0 bridgehead atoms. The molecule has 8 nitrogen and oxygen atoms in total. The molecule has 9 heteroatoms. The van der Waals surface area contributed by atoms with Gasteiger partial charge in [0, 0.05) is 38.8 Å². The molecule has 1 fully saturated rings. The third kappa shape index (κ3) is 8.76. The van der Waals surface area contributed by atoms with Crippen LogP contribution in [0.4, 0.5) is 10.5 Å². The molecule has 1 aromatic carbocycles. The third-order valence-electron chi connectivity index (χ3n) is 4.27. The zero-order valence-electron chi connectivity index (χ0n) is 18.4. The summed E-state index contributed by atoms with van der Waals surface area (Å²) in [6.07, 6.45) is 1.07. The van der Waals surface area contributed by atoms with Crippen LogP contribution in [0.2, 0.25) is 0 Å². The molecular weight excluding hydrogens is 497 g/mol. The standard InChI is InChI=1S/C21H33N5O3.HI/c1-6-7-18(27)24-16-10-8-15(9-11-16)12-23-19(22-5)25-17-13-26(14-17)20(28)29-21(2,3)4;/h8-11,17H,6-7,12-14H2,1-5H3,(H,24,27)(H2,22,23,25);1H. The summed E-state index contributed by atoms with van der Waals surface area (Å²) >= 11 is 0. The zero-order chi connectivity index (χ0) is 21.4. The SMILES string of the molecule is CCCC(=O)Nc1ccc(CNC(=NC)NC2CN(C(=O)OC(C)(C)C)C2)cc1.I. The van der Waals surface area contributed by atoms with Gasteiger partial charge in [0.25, 0.3) is 0 Å². The Kier molecular flexibility index (Phi) is 10.4. The predicted octanol–water partition coefficient (Wildman–Crippen LogP) is 3.33. The lowest BCUT2D eigenvalue weighted by Crippen LogP contribution is -2.63. The summed E-state index contributed by atoms with van der Waals surface area (Å²) in [6.45, 7) is 9.33. The third-order valence-corrected chi connectivity index (χ3v) is 4.27. The summed E-state index contributed by atoms with van der Waals surface area (Å²) < 4.78 is 5.36. The lowest BCUT2D eigenvalue weighted by molar-refractivity contribution is -0.116. The Labute approximate surface area is 196 Å². The Morgan fingerprint density at radius 2 is 1.83 bits per heavy atom. The van der Waals surface area contributed by atoms with Crippen molar-refractivity contribution in [3.05, 3.63) is 29.8 Å². The molecule has 0 aliphatic carbocycles. The van der Waals surface area contributed by atoms with Crippen LogP contribution in [0.3, 0.4) is 0 Å². The number of ether oxygens (including phenoxy) is 1. The molecule has 1 aliphatic rings. The number of guanidine groups is 1. The maximum atomic E-state index is 12.0. The van der Waals surface area contributed by atoms with E-state index >= 15 is 0 Å². The zero-order valence-corrected chi connectivity index (χ0v) is 20.8. The van der Waals surface area contributed by atoms with Crippen molar-refractivity contribution < 1.29 is 14.3 Å². The molecule has 2 rings (SSSR count). The first kappa shape index (κ1) is 26.0. The lowest BCUT2D eigenvalue weighted by Gasteiger charge is -2.40. The average molecular weight is 531 g/mol. The number of nitrogens with one attached hydrogen (secondary N) is 3. The van der Waals surface area contributed by atoms with Gasteiger partial charge in [-0.2, -0.15) is 0 Å². The molecule has 0 aromatic heterocycles. The van der Waals surface area contributed by atoms with Crippen LogP contribution in [0.15, 0.2) is 29.3 Å². The number of rotatable bonds is 6. The fourth-order valence-corrected chi connectivity index (χ4v) is 2.78. The minimum Gasteiger partial charge on any atom is -0.444 e. The summed E-state index contributed by atoms with van der Waals surface area (Å²) in [5.74, 6) is 0.711. The Balaban J connectivity index is 0.00000450. The van der Waals surface area contributed by atoms with Gasteiger partial charge < -0.3 is 25.6 Å². The molecule has 168 valence electrons. The summed E-state index contributed by atoms with van der Waals surface area (Å²) in [5, 5.41) is 9.45. The average Bonchev–Trinajstić information content (AvgIpc) is 2.60. The largest absolute Gasteiger partial charge is 0.444 e. The van der Waals surface area contributed by atoms with Gasteiger partial charge in [-0.15, -0.1) is 24.0 Å². The van der Waals surface area contributed by atoms with Crippen LogP contribution in [0.25, 0.3) is 0 Å². The molecule has 0 saturated carbocycles. The van der Waals surface area contributed by atoms with Crippen molar-refractivity contribution in [3.8, 4) is 0 Å². The first-order valence-electron chi connectivity index (χ1n) is 10.0. The Morgan fingerprint density at radius 3 is 2.37 bits per heavy atom. The molecule has 1 aromatic rings. The minimum atomic E-state index is -0.485. The van der Waals surface area contributed by atoms with Crippen LogP contribution < -0.4 is 16.0 Å². The highest BCUT2D eigenvalue weighted by Crippen LogP contribution is 2.15. The molecule has 1 aliphatic heterocycles. The molecule has 3 N–H and O–H groups in total. The number of halogens is 1. The van der Waals surface area contributed by atoms with E-state index in [1.54, 1.807) is 11.9 Å². The van der Waals surface area contributed by atoms with E-state index < -0.39 is 5.60 Å². The smallest absolute Gasteiger partial charge is 0.410 e. The number of amides is 2. The van der Waals surface area contributed by atoms with Crippen molar-refractivity contribution in [1.82, 2.24) is 15.5 Å². The van der Waals surface area contributed by atoms with Gasteiger partial charge in [0.1, 0.15) is 5.60 Å². The number of nitrogens with zero attached hydrogens (tertiary/aromatic N) is 2.